The van der Waals surface area contributed by atoms with Crippen molar-refractivity contribution in [2.45, 2.75) is 89.8 Å². The van der Waals surface area contributed by atoms with Crippen LogP contribution in [0, 0.1) is 11.3 Å². The summed E-state index contributed by atoms with van der Waals surface area (Å²) in [6.07, 6.45) is 11.1. The Morgan fingerprint density at radius 3 is 2.56 bits per heavy atom. The van der Waals surface area contributed by atoms with Crippen molar-refractivity contribution in [2.24, 2.45) is 11.3 Å². The second-order valence-electron chi connectivity index (χ2n) is 8.06. The standard InChI is InChI=1S/C22H36O5/c1-4-22(27,18(3)23)16-9-11-17(2)21(15-10-12-19(21)24)14-8-6-5-7-13-20(25)26/h4,6,8,17-18,23,27H,1,5,7,9-16H2,2-3H3,(H,25,26). The van der Waals surface area contributed by atoms with E-state index in [9.17, 15) is 19.8 Å². The minimum absolute atomic E-state index is 0.167. The van der Waals surface area contributed by atoms with Crippen LogP contribution in [0.25, 0.3) is 0 Å². The summed E-state index contributed by atoms with van der Waals surface area (Å²) >= 11 is 0. The molecule has 0 aliphatic heterocycles. The zero-order valence-electron chi connectivity index (χ0n) is 16.8. The number of carboxylic acids is 1. The molecule has 154 valence electrons. The summed E-state index contributed by atoms with van der Waals surface area (Å²) in [4.78, 5) is 23.2. The fourth-order valence-corrected chi connectivity index (χ4v) is 4.12. The van der Waals surface area contributed by atoms with Crippen molar-refractivity contribution >= 4 is 11.8 Å². The van der Waals surface area contributed by atoms with Gasteiger partial charge >= 0.3 is 5.97 Å². The number of carbonyl (C=O) groups excluding carboxylic acids is 1. The van der Waals surface area contributed by atoms with Gasteiger partial charge in [0, 0.05) is 18.3 Å². The first-order chi connectivity index (χ1) is 12.7. The van der Waals surface area contributed by atoms with Gasteiger partial charge in [0.15, 0.2) is 0 Å². The zero-order valence-corrected chi connectivity index (χ0v) is 16.8. The highest BCUT2D eigenvalue weighted by Gasteiger charge is 2.44. The van der Waals surface area contributed by atoms with E-state index in [4.69, 9.17) is 5.11 Å². The first-order valence-corrected chi connectivity index (χ1v) is 10.1. The summed E-state index contributed by atoms with van der Waals surface area (Å²) in [6.45, 7) is 7.29. The number of hydrogen-bond donors (Lipinski definition) is 3. The molecule has 1 aliphatic rings. The number of aliphatic hydroxyl groups is 2. The lowest BCUT2D eigenvalue weighted by atomic mass is 9.69. The Kier molecular flexibility index (Phi) is 9.40. The lowest BCUT2D eigenvalue weighted by Crippen LogP contribution is -2.38. The van der Waals surface area contributed by atoms with Crippen LogP contribution in [0.5, 0.6) is 0 Å². The van der Waals surface area contributed by atoms with Crippen molar-refractivity contribution in [3.05, 3.63) is 24.8 Å². The Morgan fingerprint density at radius 1 is 1.33 bits per heavy atom. The van der Waals surface area contributed by atoms with Crippen LogP contribution in [0.1, 0.15) is 78.1 Å². The normalized spacial score (nSPS) is 24.7. The smallest absolute Gasteiger partial charge is 0.303 e. The van der Waals surface area contributed by atoms with Gasteiger partial charge in [-0.05, 0) is 64.2 Å². The Bertz CT molecular complexity index is 539. The maximum absolute atomic E-state index is 12.7. The van der Waals surface area contributed by atoms with E-state index in [-0.39, 0.29) is 17.8 Å². The first kappa shape index (κ1) is 23.6. The van der Waals surface area contributed by atoms with Gasteiger partial charge in [0.25, 0.3) is 0 Å². The van der Waals surface area contributed by atoms with Crippen LogP contribution in [0.15, 0.2) is 24.8 Å². The fraction of sp³-hybridized carbons (Fsp3) is 0.727. The molecule has 0 aromatic heterocycles. The number of Topliss-reactive ketones (excluding diaryl/α,β-unsaturated/α-hetero) is 1. The second-order valence-corrected chi connectivity index (χ2v) is 8.06. The summed E-state index contributed by atoms with van der Waals surface area (Å²) in [7, 11) is 0. The molecule has 5 heteroatoms. The predicted octanol–water partition coefficient (Wildman–Crippen LogP) is 4.03. The molecular weight excluding hydrogens is 344 g/mol. The van der Waals surface area contributed by atoms with Gasteiger partial charge in [0.1, 0.15) is 11.4 Å². The van der Waals surface area contributed by atoms with Crippen LogP contribution in [0.3, 0.4) is 0 Å². The highest BCUT2D eigenvalue weighted by atomic mass is 16.4. The molecule has 4 unspecified atom stereocenters. The van der Waals surface area contributed by atoms with E-state index < -0.39 is 17.7 Å². The molecule has 0 saturated heterocycles. The van der Waals surface area contributed by atoms with Crippen molar-refractivity contribution in [2.75, 3.05) is 0 Å². The van der Waals surface area contributed by atoms with Crippen molar-refractivity contribution in [3.63, 3.8) is 0 Å². The molecule has 0 aromatic carbocycles. The van der Waals surface area contributed by atoms with E-state index >= 15 is 0 Å². The summed E-state index contributed by atoms with van der Waals surface area (Å²) in [5.41, 5.74) is -1.63. The summed E-state index contributed by atoms with van der Waals surface area (Å²) in [5, 5.41) is 28.8. The zero-order chi connectivity index (χ0) is 20.5. The minimum Gasteiger partial charge on any atom is -0.481 e. The van der Waals surface area contributed by atoms with Crippen molar-refractivity contribution in [1.82, 2.24) is 0 Å². The van der Waals surface area contributed by atoms with Gasteiger partial charge in [-0.1, -0.05) is 25.2 Å². The van der Waals surface area contributed by atoms with Crippen LogP contribution in [-0.4, -0.2) is 38.8 Å². The minimum atomic E-state index is -1.28. The van der Waals surface area contributed by atoms with E-state index in [0.29, 0.717) is 44.3 Å². The molecule has 0 spiro atoms. The highest BCUT2D eigenvalue weighted by molar-refractivity contribution is 5.87. The highest BCUT2D eigenvalue weighted by Crippen LogP contribution is 2.46. The van der Waals surface area contributed by atoms with Gasteiger partial charge in [-0.25, -0.2) is 0 Å². The van der Waals surface area contributed by atoms with E-state index in [1.54, 1.807) is 6.92 Å². The molecule has 0 heterocycles. The molecule has 1 saturated carbocycles. The molecule has 0 bridgehead atoms. The molecule has 0 aromatic rings. The topological polar surface area (TPSA) is 94.8 Å². The molecular formula is C22H36O5. The van der Waals surface area contributed by atoms with E-state index in [1.807, 2.05) is 12.2 Å². The number of hydrogen-bond acceptors (Lipinski definition) is 4. The number of aliphatic carboxylic acids is 1. The first-order valence-electron chi connectivity index (χ1n) is 10.1. The molecule has 1 fully saturated rings. The second kappa shape index (κ2) is 10.8. The number of aliphatic hydroxyl groups excluding tert-OH is 1. The lowest BCUT2D eigenvalue weighted by molar-refractivity contribution is -0.137. The van der Waals surface area contributed by atoms with Crippen molar-refractivity contribution < 1.29 is 24.9 Å². The lowest BCUT2D eigenvalue weighted by Gasteiger charge is -2.34. The van der Waals surface area contributed by atoms with Crippen molar-refractivity contribution in [3.8, 4) is 0 Å². The third-order valence-corrected chi connectivity index (χ3v) is 6.23. The van der Waals surface area contributed by atoms with Gasteiger partial charge in [0.2, 0.25) is 0 Å². The summed E-state index contributed by atoms with van der Waals surface area (Å²) in [6, 6.07) is 0. The van der Waals surface area contributed by atoms with E-state index in [2.05, 4.69) is 13.5 Å². The Labute approximate surface area is 163 Å². The largest absolute Gasteiger partial charge is 0.481 e. The third-order valence-electron chi connectivity index (χ3n) is 6.23. The molecule has 3 N–H and O–H groups in total. The summed E-state index contributed by atoms with van der Waals surface area (Å²) < 4.78 is 0. The maximum Gasteiger partial charge on any atom is 0.303 e. The quantitative estimate of drug-likeness (QED) is 0.331. The monoisotopic (exact) mass is 380 g/mol. The number of carboxylic acid groups (broad SMARTS) is 1. The van der Waals surface area contributed by atoms with Crippen LogP contribution in [-0.2, 0) is 9.59 Å². The maximum atomic E-state index is 12.7. The molecule has 4 atom stereocenters. The average Bonchev–Trinajstić information content (AvgIpc) is 2.99. The SMILES string of the molecule is C=CC(O)(CCCC(C)C1(CC=CCCCC(=O)O)CCCC1=O)C(C)O. The number of allylic oxidation sites excluding steroid dienone is 2. The molecule has 0 radical (unpaired) electrons. The van der Waals surface area contributed by atoms with Crippen LogP contribution < -0.4 is 0 Å². The number of ketones is 1. The summed E-state index contributed by atoms with van der Waals surface area (Å²) in [5.74, 6) is -0.268. The number of rotatable bonds is 13. The molecule has 0 amide bonds. The predicted molar refractivity (Wildman–Crippen MR) is 106 cm³/mol. The third kappa shape index (κ3) is 6.58. The molecule has 1 rings (SSSR count). The van der Waals surface area contributed by atoms with Gasteiger partial charge in [-0.2, -0.15) is 0 Å². The average molecular weight is 381 g/mol. The van der Waals surface area contributed by atoms with E-state index in [0.717, 1.165) is 19.3 Å². The van der Waals surface area contributed by atoms with Crippen molar-refractivity contribution in [1.29, 1.82) is 0 Å². The fourth-order valence-electron chi connectivity index (χ4n) is 4.12. The van der Waals surface area contributed by atoms with Gasteiger partial charge in [-0.15, -0.1) is 6.58 Å². The number of carbonyl (C=O) groups is 2. The Balaban J connectivity index is 2.62. The van der Waals surface area contributed by atoms with Gasteiger partial charge in [0.05, 0.1) is 6.10 Å². The number of unbranched alkanes of at least 4 members (excludes halogenated alkanes) is 1. The Hall–Kier alpha value is -1.46. The molecule has 5 nitrogen and oxygen atoms in total. The van der Waals surface area contributed by atoms with Crippen LogP contribution in [0.4, 0.5) is 0 Å². The van der Waals surface area contributed by atoms with E-state index in [1.165, 1.54) is 6.08 Å². The van der Waals surface area contributed by atoms with Crippen LogP contribution >= 0.6 is 0 Å². The van der Waals surface area contributed by atoms with Gasteiger partial charge in [-0.3, -0.25) is 9.59 Å². The molecule has 27 heavy (non-hydrogen) atoms. The molecule has 1 aliphatic carbocycles. The van der Waals surface area contributed by atoms with Crippen LogP contribution in [0.2, 0.25) is 0 Å². The Morgan fingerprint density at radius 2 is 2.04 bits per heavy atom. The van der Waals surface area contributed by atoms with Gasteiger partial charge < -0.3 is 15.3 Å².